The van der Waals surface area contributed by atoms with Crippen molar-refractivity contribution in [2.75, 3.05) is 20.1 Å². The lowest BCUT2D eigenvalue weighted by Gasteiger charge is -2.28. The highest BCUT2D eigenvalue weighted by Crippen LogP contribution is 2.18. The normalized spacial score (nSPS) is 13.8. The van der Waals surface area contributed by atoms with E-state index < -0.39 is 5.91 Å². The van der Waals surface area contributed by atoms with Crippen LogP contribution in [0.5, 0.6) is 0 Å². The zero-order chi connectivity index (χ0) is 14.5. The van der Waals surface area contributed by atoms with Gasteiger partial charge in [-0.1, -0.05) is 0 Å². The van der Waals surface area contributed by atoms with Gasteiger partial charge >= 0.3 is 0 Å². The van der Waals surface area contributed by atoms with E-state index in [0.29, 0.717) is 38.0 Å². The molecule has 1 aromatic rings. The number of fused-ring (bicyclic) bond motifs is 1. The molecule has 0 unspecified atom stereocenters. The van der Waals surface area contributed by atoms with E-state index in [1.54, 1.807) is 16.4 Å². The van der Waals surface area contributed by atoms with Gasteiger partial charge in [0.15, 0.2) is 0 Å². The molecule has 0 bridgehead atoms. The van der Waals surface area contributed by atoms with Crippen molar-refractivity contribution in [3.8, 4) is 0 Å². The average molecular weight is 278 g/mol. The second-order valence-corrected chi connectivity index (χ2v) is 4.69. The molecule has 0 aromatic carbocycles. The molecule has 0 radical (unpaired) electrons. The van der Waals surface area contributed by atoms with E-state index in [9.17, 15) is 9.59 Å². The van der Waals surface area contributed by atoms with Crippen molar-refractivity contribution in [3.05, 3.63) is 29.1 Å². The van der Waals surface area contributed by atoms with Crippen LogP contribution in [0.15, 0.2) is 12.3 Å². The van der Waals surface area contributed by atoms with Crippen LogP contribution in [0.25, 0.3) is 0 Å². The number of carbonyl (C=O) groups is 2. The van der Waals surface area contributed by atoms with Gasteiger partial charge in [-0.25, -0.2) is 5.48 Å². The molecule has 0 fully saturated rings. The average Bonchev–Trinajstić information content (AvgIpc) is 2.50. The summed E-state index contributed by atoms with van der Waals surface area (Å²) in [4.78, 5) is 29.3. The summed E-state index contributed by atoms with van der Waals surface area (Å²) in [5.41, 5.74) is 3.67. The summed E-state index contributed by atoms with van der Waals surface area (Å²) in [6.07, 6.45) is 2.54. The largest absolute Gasteiger partial charge is 0.336 e. The number of nitrogens with one attached hydrogen (secondary N) is 2. The van der Waals surface area contributed by atoms with Gasteiger partial charge < -0.3 is 10.2 Å². The fourth-order valence-electron chi connectivity index (χ4n) is 2.20. The lowest BCUT2D eigenvalue weighted by molar-refractivity contribution is -0.132. The zero-order valence-corrected chi connectivity index (χ0v) is 11.3. The number of hydroxylamine groups is 1. The Kier molecular flexibility index (Phi) is 4.65. The summed E-state index contributed by atoms with van der Waals surface area (Å²) in [5, 5.41) is 11.6. The van der Waals surface area contributed by atoms with Crippen LogP contribution in [0.3, 0.4) is 0 Å². The summed E-state index contributed by atoms with van der Waals surface area (Å²) >= 11 is 0. The minimum atomic E-state index is -0.576. The van der Waals surface area contributed by atoms with Gasteiger partial charge in [0.2, 0.25) is 5.91 Å². The zero-order valence-electron chi connectivity index (χ0n) is 11.3. The summed E-state index contributed by atoms with van der Waals surface area (Å²) in [6, 6.07) is 1.71. The Balaban J connectivity index is 2.08. The number of hydrogen-bond donors (Lipinski definition) is 3. The highest BCUT2D eigenvalue weighted by Gasteiger charge is 2.22. The fourth-order valence-corrected chi connectivity index (χ4v) is 2.20. The Labute approximate surface area is 116 Å². The number of hydrogen-bond acceptors (Lipinski definition) is 5. The number of nitrogens with zero attached hydrogens (tertiary/aromatic N) is 2. The maximum atomic E-state index is 11.9. The van der Waals surface area contributed by atoms with Gasteiger partial charge in [-0.15, -0.1) is 0 Å². The van der Waals surface area contributed by atoms with Crippen LogP contribution in [0.4, 0.5) is 0 Å². The van der Waals surface area contributed by atoms with Crippen molar-refractivity contribution in [1.29, 1.82) is 0 Å². The maximum absolute atomic E-state index is 11.9. The topological polar surface area (TPSA) is 94.6 Å². The monoisotopic (exact) mass is 278 g/mol. The molecule has 3 N–H and O–H groups in total. The molecule has 0 atom stereocenters. The summed E-state index contributed by atoms with van der Waals surface area (Å²) in [7, 11) is 1.81. The van der Waals surface area contributed by atoms with Gasteiger partial charge in [-0.05, 0) is 25.1 Å². The van der Waals surface area contributed by atoms with Crippen LogP contribution in [0.2, 0.25) is 0 Å². The van der Waals surface area contributed by atoms with Crippen LogP contribution in [0.1, 0.15) is 28.0 Å². The van der Waals surface area contributed by atoms with Crippen molar-refractivity contribution < 1.29 is 14.8 Å². The van der Waals surface area contributed by atoms with Crippen LogP contribution in [0, 0.1) is 0 Å². The Morgan fingerprint density at radius 2 is 2.30 bits per heavy atom. The molecule has 0 aliphatic carbocycles. The highest BCUT2D eigenvalue weighted by atomic mass is 16.5. The van der Waals surface area contributed by atoms with Crippen molar-refractivity contribution >= 4 is 11.8 Å². The third kappa shape index (κ3) is 3.12. The van der Waals surface area contributed by atoms with Crippen molar-refractivity contribution in [1.82, 2.24) is 20.7 Å². The summed E-state index contributed by atoms with van der Waals surface area (Å²) in [5.74, 6) is -0.475. The van der Waals surface area contributed by atoms with Crippen molar-refractivity contribution in [2.45, 2.75) is 19.4 Å². The molecule has 2 rings (SSSR count). The fraction of sp³-hybridized carbons (Fsp3) is 0.462. The third-order valence-corrected chi connectivity index (χ3v) is 3.36. The summed E-state index contributed by atoms with van der Waals surface area (Å²) in [6.45, 7) is 1.76. The first-order chi connectivity index (χ1) is 9.65. The Morgan fingerprint density at radius 3 is 3.00 bits per heavy atom. The van der Waals surface area contributed by atoms with Gasteiger partial charge in [0.1, 0.15) is 0 Å². The Morgan fingerprint density at radius 1 is 1.50 bits per heavy atom. The van der Waals surface area contributed by atoms with Crippen molar-refractivity contribution in [3.63, 3.8) is 0 Å². The molecule has 0 saturated heterocycles. The molecule has 0 spiro atoms. The highest BCUT2D eigenvalue weighted by molar-refractivity contribution is 5.93. The van der Waals surface area contributed by atoms with Crippen molar-refractivity contribution in [2.24, 2.45) is 0 Å². The Hall–Kier alpha value is -1.99. The molecule has 2 heterocycles. The molecule has 2 amide bonds. The van der Waals surface area contributed by atoms with Crippen LogP contribution >= 0.6 is 0 Å². The predicted molar refractivity (Wildman–Crippen MR) is 71.2 cm³/mol. The number of rotatable bonds is 4. The van der Waals surface area contributed by atoms with Gasteiger partial charge in [0.05, 0.1) is 17.8 Å². The minimum absolute atomic E-state index is 0.101. The molecule has 0 saturated carbocycles. The molecule has 1 aromatic heterocycles. The molecular formula is C13H18N4O3. The molecule has 7 heteroatoms. The number of pyridine rings is 1. The molecule has 1 aliphatic heterocycles. The van der Waals surface area contributed by atoms with Crippen LogP contribution in [-0.2, 0) is 17.8 Å². The predicted octanol–water partition coefficient (Wildman–Crippen LogP) is -0.305. The van der Waals surface area contributed by atoms with E-state index in [4.69, 9.17) is 5.21 Å². The number of aromatic nitrogens is 1. The van der Waals surface area contributed by atoms with E-state index in [2.05, 4.69) is 10.3 Å². The maximum Gasteiger partial charge on any atom is 0.276 e. The molecular weight excluding hydrogens is 260 g/mol. The third-order valence-electron chi connectivity index (χ3n) is 3.36. The van der Waals surface area contributed by atoms with E-state index in [0.717, 1.165) is 11.3 Å². The van der Waals surface area contributed by atoms with E-state index in [-0.39, 0.29) is 5.91 Å². The van der Waals surface area contributed by atoms with Gasteiger partial charge in [0.25, 0.3) is 5.91 Å². The van der Waals surface area contributed by atoms with Crippen LogP contribution in [-0.4, -0.2) is 47.0 Å². The SMILES string of the molecule is CNCCC(=O)N1CCc2cc(C(=O)NO)cnc2C1. The smallest absolute Gasteiger partial charge is 0.276 e. The second-order valence-electron chi connectivity index (χ2n) is 4.69. The van der Waals surface area contributed by atoms with Gasteiger partial charge in [0, 0.05) is 25.7 Å². The first-order valence-corrected chi connectivity index (χ1v) is 6.50. The minimum Gasteiger partial charge on any atom is -0.336 e. The van der Waals surface area contributed by atoms with Gasteiger partial charge in [-0.3, -0.25) is 19.8 Å². The van der Waals surface area contributed by atoms with Crippen LogP contribution < -0.4 is 10.8 Å². The second kappa shape index (κ2) is 6.44. The first kappa shape index (κ1) is 14.4. The molecule has 20 heavy (non-hydrogen) atoms. The number of carbonyl (C=O) groups excluding carboxylic acids is 2. The summed E-state index contributed by atoms with van der Waals surface area (Å²) < 4.78 is 0. The molecule has 108 valence electrons. The first-order valence-electron chi connectivity index (χ1n) is 6.50. The van der Waals surface area contributed by atoms with E-state index in [1.165, 1.54) is 6.20 Å². The lowest BCUT2D eigenvalue weighted by atomic mass is 10.0. The van der Waals surface area contributed by atoms with E-state index in [1.807, 2.05) is 7.05 Å². The Bertz CT molecular complexity index is 518. The van der Waals surface area contributed by atoms with E-state index >= 15 is 0 Å². The number of amides is 2. The molecule has 7 nitrogen and oxygen atoms in total. The molecule has 1 aliphatic rings. The quantitative estimate of drug-likeness (QED) is 0.519. The van der Waals surface area contributed by atoms with Gasteiger partial charge in [-0.2, -0.15) is 0 Å². The standard InChI is InChI=1S/C13H18N4O3/c1-14-4-2-12(18)17-5-3-9-6-10(13(19)16-20)7-15-11(9)8-17/h6-7,14,20H,2-5,8H2,1H3,(H,16,19). The lowest BCUT2D eigenvalue weighted by Crippen LogP contribution is -2.37.